The van der Waals surface area contributed by atoms with Crippen molar-refractivity contribution in [1.82, 2.24) is 0 Å². The molecule has 0 unspecified atom stereocenters. The van der Waals surface area contributed by atoms with Crippen LogP contribution < -0.4 is 4.90 Å². The third-order valence-electron chi connectivity index (χ3n) is 3.53. The molecule has 0 spiro atoms. The smallest absolute Gasteiger partial charge is 0.411 e. The van der Waals surface area contributed by atoms with Crippen molar-refractivity contribution in [2.75, 3.05) is 18.1 Å². The van der Waals surface area contributed by atoms with Crippen molar-refractivity contribution >= 4 is 40.1 Å². The van der Waals surface area contributed by atoms with Crippen LogP contribution in [0.4, 0.5) is 10.5 Å². The Morgan fingerprint density at radius 1 is 1.17 bits per heavy atom. The van der Waals surface area contributed by atoms with Gasteiger partial charge in [-0.2, -0.15) is 0 Å². The van der Waals surface area contributed by atoms with E-state index in [4.69, 9.17) is 4.74 Å². The van der Waals surface area contributed by atoms with E-state index in [9.17, 15) is 9.90 Å². The number of rotatable bonds is 6. The van der Waals surface area contributed by atoms with E-state index >= 15 is 0 Å². The summed E-state index contributed by atoms with van der Waals surface area (Å²) in [4.78, 5) is 12.8. The van der Waals surface area contributed by atoms with E-state index in [-0.39, 0.29) is 12.4 Å². The van der Waals surface area contributed by atoms with E-state index < -0.39 is 6.09 Å². The number of ether oxygens (including phenoxy) is 1. The van der Waals surface area contributed by atoms with Gasteiger partial charge in [-0.3, -0.25) is 4.90 Å². The van der Waals surface area contributed by atoms with Gasteiger partial charge in [0.05, 0.1) is 19.8 Å². The molecular weight excluding hydrogens is 394 g/mol. The molecule has 0 heterocycles. The standard InChI is InChI=1S/C18H20BrNO3.ClH/c1-13-10-16(11-14(2)17(13)19)20(18(21)22)8-9-23-12-15-6-4-3-5-7-15;/h3-7,10-11H,8-9,12H2,1-2H3,(H,21,22);1H. The molecule has 1 N–H and O–H groups in total. The van der Waals surface area contributed by atoms with Crippen molar-refractivity contribution in [3.8, 4) is 0 Å². The van der Waals surface area contributed by atoms with Gasteiger partial charge in [0.15, 0.2) is 0 Å². The first-order chi connectivity index (χ1) is 11.0. The van der Waals surface area contributed by atoms with Gasteiger partial charge in [-0.15, -0.1) is 12.4 Å². The molecule has 2 aromatic carbocycles. The monoisotopic (exact) mass is 413 g/mol. The number of benzene rings is 2. The van der Waals surface area contributed by atoms with Crippen LogP contribution in [0.3, 0.4) is 0 Å². The second-order valence-electron chi connectivity index (χ2n) is 5.37. The summed E-state index contributed by atoms with van der Waals surface area (Å²) in [5, 5.41) is 9.45. The van der Waals surface area contributed by atoms with E-state index in [0.29, 0.717) is 25.4 Å². The van der Waals surface area contributed by atoms with Crippen LogP contribution in [0.1, 0.15) is 16.7 Å². The van der Waals surface area contributed by atoms with Crippen molar-refractivity contribution in [1.29, 1.82) is 0 Å². The predicted octanol–water partition coefficient (Wildman–Crippen LogP) is 5.19. The zero-order chi connectivity index (χ0) is 16.8. The Kier molecular flexibility index (Phi) is 8.25. The zero-order valence-corrected chi connectivity index (χ0v) is 16.1. The van der Waals surface area contributed by atoms with Crippen LogP contribution in [0.25, 0.3) is 0 Å². The fourth-order valence-electron chi connectivity index (χ4n) is 2.33. The van der Waals surface area contributed by atoms with E-state index in [1.165, 1.54) is 4.90 Å². The number of hydrogen-bond donors (Lipinski definition) is 1. The fourth-order valence-corrected chi connectivity index (χ4v) is 2.56. The zero-order valence-electron chi connectivity index (χ0n) is 13.7. The summed E-state index contributed by atoms with van der Waals surface area (Å²) in [6.07, 6.45) is -0.977. The SMILES string of the molecule is Cc1cc(N(CCOCc2ccccc2)C(=O)O)cc(C)c1Br.Cl. The minimum absolute atomic E-state index is 0. The van der Waals surface area contributed by atoms with Crippen LogP contribution in [-0.2, 0) is 11.3 Å². The molecule has 0 saturated carbocycles. The van der Waals surface area contributed by atoms with Crippen LogP contribution in [0.15, 0.2) is 46.9 Å². The number of amides is 1. The molecule has 0 atom stereocenters. The average Bonchev–Trinajstić information content (AvgIpc) is 2.52. The van der Waals surface area contributed by atoms with Crippen molar-refractivity contribution in [2.45, 2.75) is 20.5 Å². The van der Waals surface area contributed by atoms with Crippen LogP contribution in [0.5, 0.6) is 0 Å². The molecule has 2 aromatic rings. The van der Waals surface area contributed by atoms with Crippen molar-refractivity contribution < 1.29 is 14.6 Å². The molecule has 4 nitrogen and oxygen atoms in total. The minimum atomic E-state index is -0.977. The van der Waals surface area contributed by atoms with Crippen molar-refractivity contribution in [3.63, 3.8) is 0 Å². The Balaban J connectivity index is 0.00000288. The topological polar surface area (TPSA) is 49.8 Å². The van der Waals surface area contributed by atoms with Crippen molar-refractivity contribution in [2.24, 2.45) is 0 Å². The molecule has 130 valence electrons. The van der Waals surface area contributed by atoms with Gasteiger partial charge in [0.2, 0.25) is 0 Å². The highest BCUT2D eigenvalue weighted by atomic mass is 79.9. The summed E-state index contributed by atoms with van der Waals surface area (Å²) in [6.45, 7) is 5.02. The number of carbonyl (C=O) groups is 1. The second kappa shape index (κ2) is 9.67. The lowest BCUT2D eigenvalue weighted by atomic mass is 10.1. The predicted molar refractivity (Wildman–Crippen MR) is 102 cm³/mol. The summed E-state index contributed by atoms with van der Waals surface area (Å²) in [5.74, 6) is 0. The van der Waals surface area contributed by atoms with E-state index in [2.05, 4.69) is 15.9 Å². The molecule has 1 amide bonds. The van der Waals surface area contributed by atoms with E-state index in [1.54, 1.807) is 0 Å². The molecule has 24 heavy (non-hydrogen) atoms. The lowest BCUT2D eigenvalue weighted by Crippen LogP contribution is -2.32. The largest absolute Gasteiger partial charge is 0.465 e. The highest BCUT2D eigenvalue weighted by Crippen LogP contribution is 2.27. The lowest BCUT2D eigenvalue weighted by molar-refractivity contribution is 0.125. The maximum Gasteiger partial charge on any atom is 0.411 e. The van der Waals surface area contributed by atoms with Crippen LogP contribution in [0, 0.1) is 13.8 Å². The van der Waals surface area contributed by atoms with Gasteiger partial charge in [-0.05, 0) is 42.7 Å². The Morgan fingerprint density at radius 2 is 1.75 bits per heavy atom. The molecule has 0 fully saturated rings. The van der Waals surface area contributed by atoms with E-state index in [0.717, 1.165) is 21.2 Å². The summed E-state index contributed by atoms with van der Waals surface area (Å²) in [7, 11) is 0. The third kappa shape index (κ3) is 5.51. The Morgan fingerprint density at radius 3 is 2.29 bits per heavy atom. The molecule has 0 aliphatic rings. The van der Waals surface area contributed by atoms with Gasteiger partial charge in [0.1, 0.15) is 0 Å². The number of anilines is 1. The van der Waals surface area contributed by atoms with E-state index in [1.807, 2.05) is 56.3 Å². The lowest BCUT2D eigenvalue weighted by Gasteiger charge is -2.21. The molecule has 0 aliphatic carbocycles. The molecule has 0 bridgehead atoms. The Hall–Kier alpha value is -1.56. The first-order valence-electron chi connectivity index (χ1n) is 7.38. The fraction of sp³-hybridized carbons (Fsp3) is 0.278. The minimum Gasteiger partial charge on any atom is -0.465 e. The first kappa shape index (κ1) is 20.5. The van der Waals surface area contributed by atoms with Crippen LogP contribution in [-0.4, -0.2) is 24.4 Å². The van der Waals surface area contributed by atoms with Crippen LogP contribution >= 0.6 is 28.3 Å². The highest BCUT2D eigenvalue weighted by Gasteiger charge is 2.16. The van der Waals surface area contributed by atoms with Gasteiger partial charge in [-0.1, -0.05) is 46.3 Å². The molecule has 6 heteroatoms. The second-order valence-corrected chi connectivity index (χ2v) is 6.16. The van der Waals surface area contributed by atoms with Gasteiger partial charge >= 0.3 is 6.09 Å². The molecule has 0 radical (unpaired) electrons. The van der Waals surface area contributed by atoms with Crippen LogP contribution in [0.2, 0.25) is 0 Å². The highest BCUT2D eigenvalue weighted by molar-refractivity contribution is 9.10. The number of carboxylic acid groups (broad SMARTS) is 1. The number of halogens is 2. The first-order valence-corrected chi connectivity index (χ1v) is 8.17. The molecule has 0 saturated heterocycles. The average molecular weight is 415 g/mol. The number of nitrogens with zero attached hydrogens (tertiary/aromatic N) is 1. The molecule has 0 aliphatic heterocycles. The Bertz CT molecular complexity index is 656. The molecule has 0 aromatic heterocycles. The van der Waals surface area contributed by atoms with Gasteiger partial charge in [0, 0.05) is 10.2 Å². The summed E-state index contributed by atoms with van der Waals surface area (Å²) in [6, 6.07) is 13.6. The number of aryl methyl sites for hydroxylation is 2. The van der Waals surface area contributed by atoms with Gasteiger partial charge in [0.25, 0.3) is 0 Å². The summed E-state index contributed by atoms with van der Waals surface area (Å²) in [5.41, 5.74) is 3.76. The quantitative estimate of drug-likeness (QED) is 0.662. The summed E-state index contributed by atoms with van der Waals surface area (Å²) >= 11 is 3.50. The Labute approximate surface area is 157 Å². The molecular formula is C18H21BrClNO3. The number of hydrogen-bond acceptors (Lipinski definition) is 2. The van der Waals surface area contributed by atoms with Gasteiger partial charge in [-0.25, -0.2) is 4.79 Å². The third-order valence-corrected chi connectivity index (χ3v) is 4.79. The maximum absolute atomic E-state index is 11.5. The summed E-state index contributed by atoms with van der Waals surface area (Å²) < 4.78 is 6.60. The van der Waals surface area contributed by atoms with Crippen molar-refractivity contribution in [3.05, 3.63) is 63.6 Å². The molecule has 2 rings (SSSR count). The normalized spacial score (nSPS) is 10.1. The maximum atomic E-state index is 11.5. The van der Waals surface area contributed by atoms with Gasteiger partial charge < -0.3 is 9.84 Å².